The zero-order valence-electron chi connectivity index (χ0n) is 37.8. The topological polar surface area (TPSA) is 112 Å². The lowest BCUT2D eigenvalue weighted by molar-refractivity contribution is -0.301. The Morgan fingerprint density at radius 2 is 0.925 bits per heavy atom. The Hall–Kier alpha value is -4.85. The molecule has 11 nitrogen and oxygen atoms in total. The van der Waals surface area contributed by atoms with Crippen LogP contribution in [0.1, 0.15) is 34.2 Å². The van der Waals surface area contributed by atoms with Crippen molar-refractivity contribution in [1.82, 2.24) is 5.09 Å². The van der Waals surface area contributed by atoms with Crippen molar-refractivity contribution < 1.29 is 47.0 Å². The van der Waals surface area contributed by atoms with E-state index in [1.54, 1.807) is 7.11 Å². The van der Waals surface area contributed by atoms with Crippen molar-refractivity contribution in [3.63, 3.8) is 0 Å². The van der Waals surface area contributed by atoms with Gasteiger partial charge in [0.2, 0.25) is 0 Å². The smallest absolute Gasteiger partial charge is 0.300 e. The summed E-state index contributed by atoms with van der Waals surface area (Å²) in [5.41, 5.74) is 5.01. The highest BCUT2D eigenvalue weighted by Gasteiger charge is 2.57. The first-order valence-electron chi connectivity index (χ1n) is 23.2. The fourth-order valence-corrected chi connectivity index (χ4v) is 11.5. The molecule has 3 heterocycles. The highest BCUT2D eigenvalue weighted by Crippen LogP contribution is 2.52. The molecule has 6 aromatic rings. The predicted octanol–water partition coefficient (Wildman–Crippen LogP) is 9.20. The van der Waals surface area contributed by atoms with E-state index in [-0.39, 0.29) is 33.0 Å². The van der Waals surface area contributed by atoms with Crippen molar-refractivity contribution in [2.24, 2.45) is 5.92 Å². The van der Waals surface area contributed by atoms with E-state index in [1.807, 2.05) is 182 Å². The second kappa shape index (κ2) is 23.4. The van der Waals surface area contributed by atoms with Crippen LogP contribution in [0, 0.1) is 5.92 Å². The maximum absolute atomic E-state index is 16.3. The SMILES string of the molecule is CO[C@@H]1O[C@H](COCc2ccccc2)[C@H]2C[C@H]3O[C@H](COCc4ccccc4)[C@H](OCc4ccccc4)[C@H](OCc4ccccc4)[C@H]3NP(=O)(c3ccccc3)O[C@@H]2[C@H]1OCc1ccccc1. The van der Waals surface area contributed by atoms with E-state index >= 15 is 4.57 Å². The average Bonchev–Trinajstić information content (AvgIpc) is 3.37. The van der Waals surface area contributed by atoms with E-state index in [0.29, 0.717) is 24.9 Å². The number of nitrogens with one attached hydrogen (secondary N) is 1. The van der Waals surface area contributed by atoms with Crippen LogP contribution in [0.4, 0.5) is 0 Å². The van der Waals surface area contributed by atoms with E-state index in [9.17, 15) is 0 Å². The Morgan fingerprint density at radius 3 is 1.40 bits per heavy atom. The standard InChI is InChI=1S/C55H60NO10P/c1-58-55-54(63-37-44-28-16-6-17-29-44)51-46(48(65-55)38-59-33-40-20-8-2-9-21-40)32-47-50(56-67(57,66-51)45-30-18-7-19-31-45)53(62-36-43-26-14-5-15-27-43)52(61-35-42-24-12-4-13-25-42)49(64-47)39-60-34-41-22-10-3-11-23-41/h2-31,46-55H,32-39H2,1H3,(H,56,57)/t46-,47-,48-,49-,50+,51+,52+,53-,54-,55-,67?/m1/s1. The highest BCUT2D eigenvalue weighted by atomic mass is 31.2. The number of benzene rings is 6. The molecule has 3 saturated heterocycles. The molecule has 3 aliphatic heterocycles. The van der Waals surface area contributed by atoms with Gasteiger partial charge in [0.1, 0.15) is 30.5 Å². The molecule has 3 fully saturated rings. The predicted molar refractivity (Wildman–Crippen MR) is 255 cm³/mol. The van der Waals surface area contributed by atoms with Gasteiger partial charge in [-0.3, -0.25) is 4.57 Å². The van der Waals surface area contributed by atoms with Crippen molar-refractivity contribution in [3.05, 3.63) is 210 Å². The zero-order chi connectivity index (χ0) is 45.7. The molecule has 0 aromatic heterocycles. The van der Waals surface area contributed by atoms with Crippen molar-refractivity contribution in [2.45, 2.75) is 94.5 Å². The molecule has 3 aliphatic rings. The molecule has 1 unspecified atom stereocenters. The van der Waals surface area contributed by atoms with E-state index in [4.69, 9.17) is 42.4 Å². The Kier molecular flexibility index (Phi) is 16.5. The third-order valence-electron chi connectivity index (χ3n) is 12.7. The molecule has 0 spiro atoms. The van der Waals surface area contributed by atoms with E-state index in [1.165, 1.54) is 0 Å². The van der Waals surface area contributed by atoms with Gasteiger partial charge in [-0.05, 0) is 46.4 Å². The average molecular weight is 926 g/mol. The van der Waals surface area contributed by atoms with Crippen molar-refractivity contribution in [2.75, 3.05) is 20.3 Å². The molecule has 0 aliphatic carbocycles. The van der Waals surface area contributed by atoms with Gasteiger partial charge in [0.05, 0.1) is 69.8 Å². The van der Waals surface area contributed by atoms with Gasteiger partial charge in [0.15, 0.2) is 6.29 Å². The molecule has 9 rings (SSSR count). The normalized spacial score (nSPS) is 28.4. The zero-order valence-corrected chi connectivity index (χ0v) is 38.7. The molecular formula is C55H60NO10P. The van der Waals surface area contributed by atoms with Gasteiger partial charge in [-0.1, -0.05) is 170 Å². The fourth-order valence-electron chi connectivity index (χ4n) is 9.28. The van der Waals surface area contributed by atoms with Crippen molar-refractivity contribution in [3.8, 4) is 0 Å². The Morgan fingerprint density at radius 1 is 0.507 bits per heavy atom. The molecule has 350 valence electrons. The summed E-state index contributed by atoms with van der Waals surface area (Å²) in [6.07, 6.45) is -5.23. The van der Waals surface area contributed by atoms with Crippen LogP contribution in [0.3, 0.4) is 0 Å². The summed E-state index contributed by atoms with van der Waals surface area (Å²) in [6, 6.07) is 58.7. The van der Waals surface area contributed by atoms with E-state index in [0.717, 1.165) is 27.8 Å². The lowest BCUT2D eigenvalue weighted by Gasteiger charge is -2.53. The molecular weight excluding hydrogens is 866 g/mol. The first-order valence-corrected chi connectivity index (χ1v) is 24.8. The van der Waals surface area contributed by atoms with Gasteiger partial charge >= 0.3 is 7.52 Å². The molecule has 67 heavy (non-hydrogen) atoms. The molecule has 0 radical (unpaired) electrons. The van der Waals surface area contributed by atoms with Gasteiger partial charge in [-0.15, -0.1) is 0 Å². The maximum atomic E-state index is 16.3. The van der Waals surface area contributed by atoms with Gasteiger partial charge in [-0.2, -0.15) is 0 Å². The minimum atomic E-state index is -4.03. The molecule has 0 amide bonds. The lowest BCUT2D eigenvalue weighted by Crippen LogP contribution is -2.67. The van der Waals surface area contributed by atoms with Crippen LogP contribution in [-0.4, -0.2) is 75.4 Å². The lowest BCUT2D eigenvalue weighted by atomic mass is 9.80. The van der Waals surface area contributed by atoms with Crippen LogP contribution in [0.2, 0.25) is 0 Å². The Balaban J connectivity index is 1.12. The molecule has 11 atom stereocenters. The second-order valence-electron chi connectivity index (χ2n) is 17.3. The summed E-state index contributed by atoms with van der Waals surface area (Å²) in [5, 5.41) is 4.09. The Labute approximate surface area is 394 Å². The summed E-state index contributed by atoms with van der Waals surface area (Å²) in [6.45, 7) is 1.96. The Bertz CT molecular complexity index is 2410. The fraction of sp³-hybridized carbons (Fsp3) is 0.345. The third kappa shape index (κ3) is 12.3. The molecule has 0 bridgehead atoms. The summed E-state index contributed by atoms with van der Waals surface area (Å²) in [4.78, 5) is 0. The molecule has 1 N–H and O–H groups in total. The number of hydrogen-bond acceptors (Lipinski definition) is 10. The first kappa shape index (κ1) is 47.2. The summed E-state index contributed by atoms with van der Waals surface area (Å²) < 4.78 is 77.5. The van der Waals surface area contributed by atoms with Gasteiger partial charge in [-0.25, -0.2) is 5.09 Å². The van der Waals surface area contributed by atoms with Crippen LogP contribution >= 0.6 is 7.52 Å². The number of ether oxygens (including phenoxy) is 8. The summed E-state index contributed by atoms with van der Waals surface area (Å²) in [7, 11) is -2.44. The van der Waals surface area contributed by atoms with Crippen LogP contribution in [0.5, 0.6) is 0 Å². The van der Waals surface area contributed by atoms with E-state index in [2.05, 4.69) is 5.09 Å². The summed E-state index contributed by atoms with van der Waals surface area (Å²) >= 11 is 0. The molecule has 0 saturated carbocycles. The summed E-state index contributed by atoms with van der Waals surface area (Å²) in [5.74, 6) is -0.461. The van der Waals surface area contributed by atoms with Crippen molar-refractivity contribution >= 4 is 12.8 Å². The number of methoxy groups -OCH3 is 1. The maximum Gasteiger partial charge on any atom is 0.300 e. The number of fused-ring (bicyclic) bond motifs is 2. The third-order valence-corrected chi connectivity index (χ3v) is 14.8. The minimum Gasteiger partial charge on any atom is -0.374 e. The minimum absolute atomic E-state index is 0.200. The van der Waals surface area contributed by atoms with E-state index < -0.39 is 68.5 Å². The van der Waals surface area contributed by atoms with Crippen LogP contribution in [0.15, 0.2) is 182 Å². The van der Waals surface area contributed by atoms with Gasteiger partial charge in [0, 0.05) is 13.0 Å². The van der Waals surface area contributed by atoms with Gasteiger partial charge in [0.25, 0.3) is 0 Å². The second-order valence-corrected chi connectivity index (χ2v) is 19.4. The highest BCUT2D eigenvalue weighted by molar-refractivity contribution is 7.65. The number of hydrogen-bond donors (Lipinski definition) is 1. The monoisotopic (exact) mass is 925 g/mol. The van der Waals surface area contributed by atoms with Gasteiger partial charge < -0.3 is 42.4 Å². The van der Waals surface area contributed by atoms with Crippen LogP contribution in [0.25, 0.3) is 0 Å². The van der Waals surface area contributed by atoms with Crippen LogP contribution < -0.4 is 10.4 Å². The van der Waals surface area contributed by atoms with Crippen LogP contribution in [-0.2, 0) is 80.0 Å². The largest absolute Gasteiger partial charge is 0.374 e. The molecule has 12 heteroatoms. The quantitative estimate of drug-likeness (QED) is 0.0786. The molecule has 6 aromatic carbocycles. The van der Waals surface area contributed by atoms with Crippen molar-refractivity contribution in [1.29, 1.82) is 0 Å². The number of rotatable bonds is 19. The first-order chi connectivity index (χ1) is 33.0.